The topological polar surface area (TPSA) is 41.1 Å². The molecule has 0 aliphatic carbocycles. The van der Waals surface area contributed by atoms with Gasteiger partial charge in [0.2, 0.25) is 5.91 Å². The third-order valence-electron chi connectivity index (χ3n) is 3.02. The molecule has 2 N–H and O–H groups in total. The van der Waals surface area contributed by atoms with Gasteiger partial charge in [-0.05, 0) is 18.9 Å². The van der Waals surface area contributed by atoms with E-state index in [4.69, 9.17) is 0 Å². The Kier molecular flexibility index (Phi) is 4.09. The highest BCUT2D eigenvalue weighted by molar-refractivity contribution is 5.76. The Bertz CT molecular complexity index is 395. The number of hydrogen-bond donors (Lipinski definition) is 2. The number of hydrogen-bond acceptors (Lipinski definition) is 2. The number of rotatable bonds is 3. The molecule has 1 aromatic rings. The van der Waals surface area contributed by atoms with E-state index in [-0.39, 0.29) is 17.8 Å². The molecule has 1 unspecified atom stereocenters. The van der Waals surface area contributed by atoms with Gasteiger partial charge in [-0.15, -0.1) is 0 Å². The first kappa shape index (κ1) is 12.0. The lowest BCUT2D eigenvalue weighted by molar-refractivity contribution is -0.121. The third-order valence-corrected chi connectivity index (χ3v) is 3.02. The number of carbonyl (C=O) groups is 1. The highest BCUT2D eigenvalue weighted by atomic mass is 19.1. The fourth-order valence-electron chi connectivity index (χ4n) is 2.04. The maximum absolute atomic E-state index is 13.4. The minimum absolute atomic E-state index is 0.0773. The number of amides is 1. The molecule has 0 bridgehead atoms. The molecule has 4 heteroatoms. The van der Waals surface area contributed by atoms with E-state index in [1.165, 1.54) is 6.07 Å². The zero-order chi connectivity index (χ0) is 12.1. The van der Waals surface area contributed by atoms with Gasteiger partial charge in [-0.2, -0.15) is 0 Å². The van der Waals surface area contributed by atoms with E-state index in [0.717, 1.165) is 19.4 Å². The van der Waals surface area contributed by atoms with Crippen LogP contribution in [0, 0.1) is 5.82 Å². The summed E-state index contributed by atoms with van der Waals surface area (Å²) in [5.74, 6) is -0.119. The van der Waals surface area contributed by atoms with E-state index >= 15 is 0 Å². The Balaban J connectivity index is 1.89. The average molecular weight is 236 g/mol. The predicted octanol–water partition coefficient (Wildman–Crippen LogP) is 1.58. The zero-order valence-corrected chi connectivity index (χ0v) is 9.71. The van der Waals surface area contributed by atoms with Crippen LogP contribution in [-0.2, 0) is 11.3 Å². The first-order valence-corrected chi connectivity index (χ1v) is 5.99. The highest BCUT2D eigenvalue weighted by Crippen LogP contribution is 2.10. The summed E-state index contributed by atoms with van der Waals surface area (Å²) < 4.78 is 13.4. The Morgan fingerprint density at radius 2 is 2.24 bits per heavy atom. The first-order valence-electron chi connectivity index (χ1n) is 5.99. The Hall–Kier alpha value is -1.42. The van der Waals surface area contributed by atoms with Crippen LogP contribution in [0.2, 0.25) is 0 Å². The van der Waals surface area contributed by atoms with E-state index < -0.39 is 0 Å². The SMILES string of the molecule is O=C1CC(NCc2ccccc2F)CCCN1. The van der Waals surface area contributed by atoms with Gasteiger partial charge in [0.05, 0.1) is 0 Å². The zero-order valence-electron chi connectivity index (χ0n) is 9.71. The first-order chi connectivity index (χ1) is 8.25. The maximum atomic E-state index is 13.4. The second kappa shape index (κ2) is 5.77. The van der Waals surface area contributed by atoms with Crippen LogP contribution in [0.3, 0.4) is 0 Å². The van der Waals surface area contributed by atoms with E-state index in [0.29, 0.717) is 18.5 Å². The summed E-state index contributed by atoms with van der Waals surface area (Å²) >= 11 is 0. The van der Waals surface area contributed by atoms with Crippen molar-refractivity contribution in [2.45, 2.75) is 31.8 Å². The Morgan fingerprint density at radius 1 is 1.41 bits per heavy atom. The third kappa shape index (κ3) is 3.53. The molecular formula is C13H17FN2O. The molecule has 1 aromatic carbocycles. The molecule has 1 fully saturated rings. The van der Waals surface area contributed by atoms with Gasteiger partial charge in [-0.1, -0.05) is 18.2 Å². The molecule has 2 rings (SSSR count). The molecule has 1 atom stereocenters. The average Bonchev–Trinajstić information content (AvgIpc) is 2.53. The van der Waals surface area contributed by atoms with Crippen LogP contribution < -0.4 is 10.6 Å². The normalized spacial score (nSPS) is 20.8. The Labute approximate surface area is 100 Å². The molecule has 0 aromatic heterocycles. The van der Waals surface area contributed by atoms with Gasteiger partial charge >= 0.3 is 0 Å². The fourth-order valence-corrected chi connectivity index (χ4v) is 2.04. The molecule has 1 aliphatic rings. The highest BCUT2D eigenvalue weighted by Gasteiger charge is 2.16. The molecule has 0 radical (unpaired) electrons. The van der Waals surface area contributed by atoms with E-state index in [2.05, 4.69) is 10.6 Å². The van der Waals surface area contributed by atoms with E-state index in [9.17, 15) is 9.18 Å². The standard InChI is InChI=1S/C13H17FN2O/c14-12-6-2-1-4-10(12)9-16-11-5-3-7-15-13(17)8-11/h1-2,4,6,11,16H,3,5,7-9H2,(H,15,17). The molecular weight excluding hydrogens is 219 g/mol. The van der Waals surface area contributed by atoms with Crippen molar-refractivity contribution in [3.63, 3.8) is 0 Å². The van der Waals surface area contributed by atoms with Crippen LogP contribution in [0.1, 0.15) is 24.8 Å². The van der Waals surface area contributed by atoms with Crippen LogP contribution >= 0.6 is 0 Å². The number of halogens is 1. The lowest BCUT2D eigenvalue weighted by atomic mass is 10.1. The number of carbonyl (C=O) groups excluding carboxylic acids is 1. The second-order valence-corrected chi connectivity index (χ2v) is 4.37. The summed E-state index contributed by atoms with van der Waals surface area (Å²) in [6, 6.07) is 6.87. The smallest absolute Gasteiger partial charge is 0.221 e. The molecule has 1 amide bonds. The molecule has 1 heterocycles. The van der Waals surface area contributed by atoms with Crippen LogP contribution in [0.4, 0.5) is 4.39 Å². The summed E-state index contributed by atoms with van der Waals surface area (Å²) in [6.07, 6.45) is 2.41. The fraction of sp³-hybridized carbons (Fsp3) is 0.462. The summed E-state index contributed by atoms with van der Waals surface area (Å²) in [4.78, 5) is 11.3. The molecule has 1 saturated heterocycles. The van der Waals surface area contributed by atoms with Crippen molar-refractivity contribution in [1.29, 1.82) is 0 Å². The van der Waals surface area contributed by atoms with Gasteiger partial charge in [0, 0.05) is 31.1 Å². The molecule has 92 valence electrons. The summed E-state index contributed by atoms with van der Waals surface area (Å²) in [6.45, 7) is 1.22. The van der Waals surface area contributed by atoms with Crippen molar-refractivity contribution in [2.24, 2.45) is 0 Å². The van der Waals surface area contributed by atoms with Crippen LogP contribution in [0.25, 0.3) is 0 Å². The lowest BCUT2D eigenvalue weighted by Gasteiger charge is -2.15. The van der Waals surface area contributed by atoms with Crippen molar-refractivity contribution in [1.82, 2.24) is 10.6 Å². The van der Waals surface area contributed by atoms with Gasteiger partial charge in [-0.3, -0.25) is 4.79 Å². The summed E-state index contributed by atoms with van der Waals surface area (Å²) in [5.41, 5.74) is 0.650. The van der Waals surface area contributed by atoms with Crippen LogP contribution in [-0.4, -0.2) is 18.5 Å². The van der Waals surface area contributed by atoms with E-state index in [1.54, 1.807) is 12.1 Å². The minimum Gasteiger partial charge on any atom is -0.356 e. The van der Waals surface area contributed by atoms with Crippen molar-refractivity contribution in [3.05, 3.63) is 35.6 Å². The quantitative estimate of drug-likeness (QED) is 0.836. The van der Waals surface area contributed by atoms with Crippen molar-refractivity contribution >= 4 is 5.91 Å². The Morgan fingerprint density at radius 3 is 3.06 bits per heavy atom. The van der Waals surface area contributed by atoms with Gasteiger partial charge in [0.25, 0.3) is 0 Å². The largest absolute Gasteiger partial charge is 0.356 e. The van der Waals surface area contributed by atoms with Gasteiger partial charge in [0.15, 0.2) is 0 Å². The molecule has 3 nitrogen and oxygen atoms in total. The van der Waals surface area contributed by atoms with Gasteiger partial charge in [0.1, 0.15) is 5.82 Å². The molecule has 1 aliphatic heterocycles. The summed E-state index contributed by atoms with van der Waals surface area (Å²) in [5, 5.41) is 6.08. The molecule has 0 spiro atoms. The van der Waals surface area contributed by atoms with E-state index in [1.807, 2.05) is 6.07 Å². The van der Waals surface area contributed by atoms with Crippen LogP contribution in [0.5, 0.6) is 0 Å². The second-order valence-electron chi connectivity index (χ2n) is 4.37. The number of benzene rings is 1. The molecule has 0 saturated carbocycles. The summed E-state index contributed by atoms with van der Waals surface area (Å²) in [7, 11) is 0. The van der Waals surface area contributed by atoms with Gasteiger partial charge in [-0.25, -0.2) is 4.39 Å². The van der Waals surface area contributed by atoms with Crippen molar-refractivity contribution in [2.75, 3.05) is 6.54 Å². The minimum atomic E-state index is -0.196. The predicted molar refractivity (Wildman–Crippen MR) is 63.9 cm³/mol. The lowest BCUT2D eigenvalue weighted by Crippen LogP contribution is -2.32. The maximum Gasteiger partial charge on any atom is 0.221 e. The monoisotopic (exact) mass is 236 g/mol. The van der Waals surface area contributed by atoms with Crippen LogP contribution in [0.15, 0.2) is 24.3 Å². The molecule has 17 heavy (non-hydrogen) atoms. The number of nitrogens with one attached hydrogen (secondary N) is 2. The van der Waals surface area contributed by atoms with Gasteiger partial charge < -0.3 is 10.6 Å². The van der Waals surface area contributed by atoms with Crippen molar-refractivity contribution in [3.8, 4) is 0 Å². The van der Waals surface area contributed by atoms with Crippen molar-refractivity contribution < 1.29 is 9.18 Å².